The third-order valence-electron chi connectivity index (χ3n) is 5.70. The van der Waals surface area contributed by atoms with Crippen LogP contribution in [0.25, 0.3) is 0 Å². The molecule has 3 rings (SSSR count). The highest BCUT2D eigenvalue weighted by Crippen LogP contribution is 2.31. The molecule has 0 bridgehead atoms. The molecule has 3 aromatic carbocycles. The van der Waals surface area contributed by atoms with Gasteiger partial charge in [-0.05, 0) is 62.7 Å². The molecule has 0 aliphatic rings. The van der Waals surface area contributed by atoms with Gasteiger partial charge in [0.25, 0.3) is 10.0 Å². The predicted octanol–water partition coefficient (Wildman–Crippen LogP) is 5.78. The molecule has 0 heterocycles. The minimum atomic E-state index is -4.20. The van der Waals surface area contributed by atoms with Crippen LogP contribution in [0.5, 0.6) is 0 Å². The zero-order valence-corrected chi connectivity index (χ0v) is 24.2. The molecule has 0 aliphatic carbocycles. The lowest BCUT2D eigenvalue weighted by molar-refractivity contribution is -0.139. The van der Waals surface area contributed by atoms with Gasteiger partial charge in [0.1, 0.15) is 12.6 Å². The Balaban J connectivity index is 2.06. The van der Waals surface area contributed by atoms with Gasteiger partial charge in [-0.15, -0.1) is 0 Å². The molecule has 7 nitrogen and oxygen atoms in total. The van der Waals surface area contributed by atoms with Crippen LogP contribution in [0.3, 0.4) is 0 Å². The number of rotatable bonds is 10. The van der Waals surface area contributed by atoms with Crippen LogP contribution in [-0.4, -0.2) is 43.8 Å². The lowest BCUT2D eigenvalue weighted by Crippen LogP contribution is -2.52. The number of hydrogen-bond donors (Lipinski definition) is 1. The number of sulfonamides is 1. The summed E-state index contributed by atoms with van der Waals surface area (Å²) in [7, 11) is -4.20. The molecule has 2 amide bonds. The maximum absolute atomic E-state index is 13.8. The molecule has 11 heteroatoms. The quantitative estimate of drug-likeness (QED) is 0.321. The van der Waals surface area contributed by atoms with E-state index in [2.05, 4.69) is 5.32 Å². The second-order valence-corrected chi connectivity index (χ2v) is 12.0. The lowest BCUT2D eigenvalue weighted by Gasteiger charge is -2.32. The highest BCUT2D eigenvalue weighted by Gasteiger charge is 2.33. The molecule has 0 fully saturated rings. The largest absolute Gasteiger partial charge is 0.352 e. The first-order valence-electron chi connectivity index (χ1n) is 11.8. The van der Waals surface area contributed by atoms with E-state index >= 15 is 0 Å². The van der Waals surface area contributed by atoms with E-state index in [1.807, 2.05) is 13.8 Å². The van der Waals surface area contributed by atoms with Gasteiger partial charge in [-0.2, -0.15) is 0 Å². The number of nitrogens with one attached hydrogen (secondary N) is 1. The molecule has 1 atom stereocenters. The number of nitrogens with zero attached hydrogens (tertiary/aromatic N) is 2. The summed E-state index contributed by atoms with van der Waals surface area (Å²) >= 11 is 18.6. The second kappa shape index (κ2) is 12.8. The summed E-state index contributed by atoms with van der Waals surface area (Å²) in [5, 5.41) is 3.58. The molecule has 38 heavy (non-hydrogen) atoms. The molecule has 0 radical (unpaired) electrons. The standard InChI is InChI=1S/C27H28Cl3N3O4S/c1-18(2)31-27(35)19(3)32(16-20-9-7-8-12-23(20)28)26(34)17-33(21-13-14-24(29)25(30)15-21)38(36,37)22-10-5-4-6-11-22/h4-15,18-19H,16-17H2,1-3H3,(H,31,35). The van der Waals surface area contributed by atoms with Crippen molar-refractivity contribution in [2.45, 2.75) is 44.3 Å². The number of anilines is 1. The van der Waals surface area contributed by atoms with Gasteiger partial charge in [0.2, 0.25) is 11.8 Å². The van der Waals surface area contributed by atoms with E-state index in [4.69, 9.17) is 34.8 Å². The van der Waals surface area contributed by atoms with Crippen LogP contribution in [0.2, 0.25) is 15.1 Å². The summed E-state index contributed by atoms with van der Waals surface area (Å²) in [5.74, 6) is -0.991. The number of halogens is 3. The average molecular weight is 597 g/mol. The molecule has 0 saturated heterocycles. The van der Waals surface area contributed by atoms with Crippen LogP contribution in [0.1, 0.15) is 26.3 Å². The fourth-order valence-electron chi connectivity index (χ4n) is 3.69. The minimum Gasteiger partial charge on any atom is -0.352 e. The first-order valence-corrected chi connectivity index (χ1v) is 14.3. The van der Waals surface area contributed by atoms with E-state index in [0.29, 0.717) is 10.6 Å². The van der Waals surface area contributed by atoms with Gasteiger partial charge in [0.15, 0.2) is 0 Å². The summed E-state index contributed by atoms with van der Waals surface area (Å²) in [5.41, 5.74) is 0.757. The Morgan fingerprint density at radius 1 is 0.842 bits per heavy atom. The molecule has 3 aromatic rings. The fourth-order valence-corrected chi connectivity index (χ4v) is 5.60. The van der Waals surface area contributed by atoms with Crippen molar-refractivity contribution < 1.29 is 18.0 Å². The molecule has 1 N–H and O–H groups in total. The monoisotopic (exact) mass is 595 g/mol. The summed E-state index contributed by atoms with van der Waals surface area (Å²) in [6.07, 6.45) is 0. The third-order valence-corrected chi connectivity index (χ3v) is 8.59. The molecule has 0 aliphatic heterocycles. The van der Waals surface area contributed by atoms with Crippen molar-refractivity contribution in [2.24, 2.45) is 0 Å². The van der Waals surface area contributed by atoms with Crippen molar-refractivity contribution in [1.29, 1.82) is 0 Å². The van der Waals surface area contributed by atoms with E-state index in [9.17, 15) is 18.0 Å². The first kappa shape index (κ1) is 29.8. The summed E-state index contributed by atoms with van der Waals surface area (Å²) in [6, 6.07) is 17.9. The van der Waals surface area contributed by atoms with Gasteiger partial charge >= 0.3 is 0 Å². The number of carbonyl (C=O) groups is 2. The number of amides is 2. The second-order valence-electron chi connectivity index (χ2n) is 8.88. The predicted molar refractivity (Wildman–Crippen MR) is 152 cm³/mol. The van der Waals surface area contributed by atoms with E-state index in [-0.39, 0.29) is 39.1 Å². The van der Waals surface area contributed by atoms with E-state index in [1.165, 1.54) is 35.2 Å². The first-order chi connectivity index (χ1) is 17.9. The fraction of sp³-hybridized carbons (Fsp3) is 0.259. The van der Waals surface area contributed by atoms with E-state index in [0.717, 1.165) is 4.31 Å². The molecular formula is C27H28Cl3N3O4S. The van der Waals surface area contributed by atoms with Crippen molar-refractivity contribution in [2.75, 3.05) is 10.8 Å². The Morgan fingerprint density at radius 3 is 2.08 bits per heavy atom. The Hall–Kier alpha value is -2.78. The molecular weight excluding hydrogens is 569 g/mol. The van der Waals surface area contributed by atoms with Crippen LogP contribution in [-0.2, 0) is 26.2 Å². The van der Waals surface area contributed by atoms with Gasteiger partial charge in [-0.3, -0.25) is 13.9 Å². The Kier molecular flexibility index (Phi) is 10.1. The van der Waals surface area contributed by atoms with E-state index in [1.54, 1.807) is 49.4 Å². The van der Waals surface area contributed by atoms with Gasteiger partial charge in [-0.1, -0.05) is 71.2 Å². The van der Waals surface area contributed by atoms with Crippen molar-refractivity contribution in [3.63, 3.8) is 0 Å². The number of carbonyl (C=O) groups excluding carboxylic acids is 2. The zero-order chi connectivity index (χ0) is 28.0. The smallest absolute Gasteiger partial charge is 0.264 e. The molecule has 1 unspecified atom stereocenters. The van der Waals surface area contributed by atoms with Crippen LogP contribution in [0.4, 0.5) is 5.69 Å². The van der Waals surface area contributed by atoms with Crippen LogP contribution in [0, 0.1) is 0 Å². The number of hydrogen-bond acceptors (Lipinski definition) is 4. The van der Waals surface area contributed by atoms with Crippen molar-refractivity contribution >= 4 is 62.3 Å². The average Bonchev–Trinajstić information content (AvgIpc) is 2.88. The zero-order valence-electron chi connectivity index (χ0n) is 21.1. The summed E-state index contributed by atoms with van der Waals surface area (Å²) in [6.45, 7) is 4.60. The minimum absolute atomic E-state index is 0.00815. The Morgan fingerprint density at radius 2 is 1.47 bits per heavy atom. The molecule has 0 spiro atoms. The highest BCUT2D eigenvalue weighted by atomic mass is 35.5. The SMILES string of the molecule is CC(C)NC(=O)C(C)N(Cc1ccccc1Cl)C(=O)CN(c1ccc(Cl)c(Cl)c1)S(=O)(=O)c1ccccc1. The molecule has 202 valence electrons. The maximum Gasteiger partial charge on any atom is 0.264 e. The van der Waals surface area contributed by atoms with Gasteiger partial charge in [-0.25, -0.2) is 8.42 Å². The van der Waals surface area contributed by atoms with Crippen LogP contribution >= 0.6 is 34.8 Å². The Bertz CT molecular complexity index is 1400. The van der Waals surface area contributed by atoms with Crippen molar-refractivity contribution in [3.8, 4) is 0 Å². The Labute approximate surface area is 238 Å². The topological polar surface area (TPSA) is 86.8 Å². The normalized spacial score (nSPS) is 12.2. The lowest BCUT2D eigenvalue weighted by atomic mass is 10.1. The van der Waals surface area contributed by atoms with E-state index < -0.39 is 28.5 Å². The summed E-state index contributed by atoms with van der Waals surface area (Å²) < 4.78 is 28.4. The molecule has 0 aromatic heterocycles. The maximum atomic E-state index is 13.8. The van der Waals surface area contributed by atoms with Crippen LogP contribution in [0.15, 0.2) is 77.7 Å². The third kappa shape index (κ3) is 7.20. The highest BCUT2D eigenvalue weighted by molar-refractivity contribution is 7.92. The van der Waals surface area contributed by atoms with Gasteiger partial charge in [0, 0.05) is 17.6 Å². The molecule has 0 saturated carbocycles. The van der Waals surface area contributed by atoms with Gasteiger partial charge < -0.3 is 10.2 Å². The summed E-state index contributed by atoms with van der Waals surface area (Å²) in [4.78, 5) is 28.1. The van der Waals surface area contributed by atoms with Gasteiger partial charge in [0.05, 0.1) is 20.6 Å². The number of benzene rings is 3. The van der Waals surface area contributed by atoms with Crippen molar-refractivity contribution in [3.05, 3.63) is 93.4 Å². The van der Waals surface area contributed by atoms with Crippen LogP contribution < -0.4 is 9.62 Å². The van der Waals surface area contributed by atoms with Crippen molar-refractivity contribution in [1.82, 2.24) is 10.2 Å².